The average Bonchev–Trinajstić information content (AvgIpc) is 2.47. The minimum atomic E-state index is -0.578. The van der Waals surface area contributed by atoms with Gasteiger partial charge in [-0.25, -0.2) is 4.79 Å². The molecule has 5 heteroatoms. The SMILES string of the molecule is COC(=O)c1cccc2oc3ccc(N)cc3c(=O)c12. The lowest BCUT2D eigenvalue weighted by Gasteiger charge is -2.05. The van der Waals surface area contributed by atoms with Gasteiger partial charge < -0.3 is 14.9 Å². The van der Waals surface area contributed by atoms with E-state index in [0.29, 0.717) is 22.2 Å². The third kappa shape index (κ3) is 1.72. The molecule has 0 saturated heterocycles. The van der Waals surface area contributed by atoms with Crippen molar-refractivity contribution in [3.63, 3.8) is 0 Å². The zero-order chi connectivity index (χ0) is 14.3. The number of benzene rings is 2. The van der Waals surface area contributed by atoms with Gasteiger partial charge in [-0.15, -0.1) is 0 Å². The number of rotatable bonds is 1. The van der Waals surface area contributed by atoms with Crippen LogP contribution in [0.2, 0.25) is 0 Å². The predicted molar refractivity (Wildman–Crippen MR) is 75.7 cm³/mol. The van der Waals surface area contributed by atoms with Crippen LogP contribution in [0.3, 0.4) is 0 Å². The van der Waals surface area contributed by atoms with E-state index in [2.05, 4.69) is 0 Å². The molecule has 3 rings (SSSR count). The highest BCUT2D eigenvalue weighted by Gasteiger charge is 2.16. The van der Waals surface area contributed by atoms with Crippen LogP contribution in [0.5, 0.6) is 0 Å². The zero-order valence-corrected chi connectivity index (χ0v) is 10.7. The monoisotopic (exact) mass is 269 g/mol. The summed E-state index contributed by atoms with van der Waals surface area (Å²) in [7, 11) is 1.27. The van der Waals surface area contributed by atoms with Crippen molar-refractivity contribution >= 4 is 33.6 Å². The molecule has 0 aliphatic rings. The van der Waals surface area contributed by atoms with E-state index in [1.54, 1.807) is 24.3 Å². The smallest absolute Gasteiger partial charge is 0.338 e. The molecule has 2 aromatic carbocycles. The fraction of sp³-hybridized carbons (Fsp3) is 0.0667. The normalized spacial score (nSPS) is 10.8. The summed E-state index contributed by atoms with van der Waals surface area (Å²) in [5, 5.41) is 0.548. The second kappa shape index (κ2) is 4.38. The Morgan fingerprint density at radius 1 is 1.20 bits per heavy atom. The molecule has 0 aliphatic carbocycles. The van der Waals surface area contributed by atoms with Gasteiger partial charge in [-0.3, -0.25) is 4.79 Å². The lowest BCUT2D eigenvalue weighted by Crippen LogP contribution is -2.10. The molecular weight excluding hydrogens is 258 g/mol. The average molecular weight is 269 g/mol. The molecule has 0 bridgehead atoms. The number of fused-ring (bicyclic) bond motifs is 2. The molecule has 1 heterocycles. The topological polar surface area (TPSA) is 82.5 Å². The van der Waals surface area contributed by atoms with Crippen LogP contribution in [0.4, 0.5) is 5.69 Å². The highest BCUT2D eigenvalue weighted by molar-refractivity contribution is 6.05. The van der Waals surface area contributed by atoms with E-state index in [0.717, 1.165) is 0 Å². The van der Waals surface area contributed by atoms with Crippen molar-refractivity contribution in [1.29, 1.82) is 0 Å². The third-order valence-corrected chi connectivity index (χ3v) is 3.13. The molecule has 20 heavy (non-hydrogen) atoms. The number of hydrogen-bond acceptors (Lipinski definition) is 5. The van der Waals surface area contributed by atoms with Gasteiger partial charge in [0, 0.05) is 5.69 Å². The minimum Gasteiger partial charge on any atom is -0.465 e. The fourth-order valence-corrected chi connectivity index (χ4v) is 2.20. The van der Waals surface area contributed by atoms with Crippen molar-refractivity contribution in [2.24, 2.45) is 0 Å². The Morgan fingerprint density at radius 3 is 2.75 bits per heavy atom. The van der Waals surface area contributed by atoms with E-state index in [-0.39, 0.29) is 16.4 Å². The van der Waals surface area contributed by atoms with Crippen LogP contribution < -0.4 is 11.2 Å². The van der Waals surface area contributed by atoms with Crippen LogP contribution in [0.15, 0.2) is 45.6 Å². The molecule has 0 amide bonds. The Kier molecular flexibility index (Phi) is 2.68. The van der Waals surface area contributed by atoms with E-state index < -0.39 is 5.97 Å². The van der Waals surface area contributed by atoms with E-state index in [1.807, 2.05) is 0 Å². The number of hydrogen-bond donors (Lipinski definition) is 1. The molecule has 0 atom stereocenters. The number of nitrogens with two attached hydrogens (primary N) is 1. The quantitative estimate of drug-likeness (QED) is 0.416. The number of nitrogen functional groups attached to an aromatic ring is 1. The van der Waals surface area contributed by atoms with Gasteiger partial charge in [-0.1, -0.05) is 6.07 Å². The highest BCUT2D eigenvalue weighted by Crippen LogP contribution is 2.23. The molecule has 100 valence electrons. The number of methoxy groups -OCH3 is 1. The molecule has 0 aliphatic heterocycles. The van der Waals surface area contributed by atoms with Crippen molar-refractivity contribution in [3.05, 3.63) is 52.2 Å². The van der Waals surface area contributed by atoms with Crippen molar-refractivity contribution in [1.82, 2.24) is 0 Å². The summed E-state index contributed by atoms with van der Waals surface area (Å²) in [5.74, 6) is -0.578. The van der Waals surface area contributed by atoms with Gasteiger partial charge in [0.05, 0.1) is 23.4 Å². The molecule has 0 unspecified atom stereocenters. The number of anilines is 1. The molecule has 3 aromatic rings. The molecule has 5 nitrogen and oxygen atoms in total. The van der Waals surface area contributed by atoms with Gasteiger partial charge in [0.2, 0.25) is 5.43 Å². The van der Waals surface area contributed by atoms with Gasteiger partial charge in [0.1, 0.15) is 11.2 Å². The summed E-state index contributed by atoms with van der Waals surface area (Å²) in [6.07, 6.45) is 0. The minimum absolute atomic E-state index is 0.183. The van der Waals surface area contributed by atoms with Crippen LogP contribution >= 0.6 is 0 Å². The Morgan fingerprint density at radius 2 is 2.00 bits per heavy atom. The highest BCUT2D eigenvalue weighted by atomic mass is 16.5. The summed E-state index contributed by atoms with van der Waals surface area (Å²) in [4.78, 5) is 24.3. The second-order valence-electron chi connectivity index (χ2n) is 4.36. The van der Waals surface area contributed by atoms with Gasteiger partial charge in [-0.05, 0) is 30.3 Å². The van der Waals surface area contributed by atoms with Crippen LogP contribution in [0.1, 0.15) is 10.4 Å². The number of carbonyl (C=O) groups excluding carboxylic acids is 1. The van der Waals surface area contributed by atoms with Gasteiger partial charge in [-0.2, -0.15) is 0 Å². The number of carbonyl (C=O) groups is 1. The Labute approximate surface area is 113 Å². The number of ether oxygens (including phenoxy) is 1. The molecule has 0 saturated carbocycles. The fourth-order valence-electron chi connectivity index (χ4n) is 2.20. The molecule has 2 N–H and O–H groups in total. The van der Waals surface area contributed by atoms with E-state index in [9.17, 15) is 9.59 Å². The van der Waals surface area contributed by atoms with Gasteiger partial charge in [0.25, 0.3) is 0 Å². The predicted octanol–water partition coefficient (Wildman–Crippen LogP) is 2.31. The van der Waals surface area contributed by atoms with E-state index >= 15 is 0 Å². The lowest BCUT2D eigenvalue weighted by molar-refractivity contribution is 0.0603. The zero-order valence-electron chi connectivity index (χ0n) is 10.7. The second-order valence-corrected chi connectivity index (χ2v) is 4.36. The first-order valence-corrected chi connectivity index (χ1v) is 5.95. The van der Waals surface area contributed by atoms with Crippen LogP contribution in [0.25, 0.3) is 21.9 Å². The van der Waals surface area contributed by atoms with Gasteiger partial charge in [0.15, 0.2) is 0 Å². The molecule has 1 aromatic heterocycles. The van der Waals surface area contributed by atoms with Gasteiger partial charge >= 0.3 is 5.97 Å². The van der Waals surface area contributed by atoms with Crippen LogP contribution in [0, 0.1) is 0 Å². The van der Waals surface area contributed by atoms with Crippen molar-refractivity contribution < 1.29 is 13.9 Å². The standard InChI is InChI=1S/C15H11NO4/c1-19-15(18)9-3-2-4-12-13(9)14(17)10-7-8(16)5-6-11(10)20-12/h2-7H,16H2,1H3. The lowest BCUT2D eigenvalue weighted by atomic mass is 10.1. The van der Waals surface area contributed by atoms with Crippen molar-refractivity contribution in [2.75, 3.05) is 12.8 Å². The number of esters is 1. The Bertz CT molecular complexity index is 895. The first kappa shape index (κ1) is 12.2. The van der Waals surface area contributed by atoms with E-state index in [1.165, 1.54) is 19.2 Å². The summed E-state index contributed by atoms with van der Waals surface area (Å²) in [5.41, 5.74) is 6.81. The molecule has 0 fully saturated rings. The maximum Gasteiger partial charge on any atom is 0.338 e. The summed E-state index contributed by atoms with van der Waals surface area (Å²) >= 11 is 0. The summed E-state index contributed by atoms with van der Waals surface area (Å²) in [6.45, 7) is 0. The van der Waals surface area contributed by atoms with Crippen LogP contribution in [-0.4, -0.2) is 13.1 Å². The third-order valence-electron chi connectivity index (χ3n) is 3.13. The maximum atomic E-state index is 12.6. The summed E-state index contributed by atoms with van der Waals surface area (Å²) in [6, 6.07) is 9.63. The van der Waals surface area contributed by atoms with Crippen molar-refractivity contribution in [3.8, 4) is 0 Å². The Hall–Kier alpha value is -2.82. The van der Waals surface area contributed by atoms with Crippen molar-refractivity contribution in [2.45, 2.75) is 0 Å². The Balaban J connectivity index is 2.52. The first-order chi connectivity index (χ1) is 9.61. The summed E-state index contributed by atoms with van der Waals surface area (Å²) < 4.78 is 10.3. The largest absolute Gasteiger partial charge is 0.465 e. The molecule has 0 spiro atoms. The first-order valence-electron chi connectivity index (χ1n) is 5.95. The maximum absolute atomic E-state index is 12.6. The molecular formula is C15H11NO4. The molecule has 0 radical (unpaired) electrons. The van der Waals surface area contributed by atoms with Crippen LogP contribution in [-0.2, 0) is 4.74 Å². The van der Waals surface area contributed by atoms with E-state index in [4.69, 9.17) is 14.9 Å².